The van der Waals surface area contributed by atoms with Crippen molar-refractivity contribution in [1.29, 1.82) is 0 Å². The molecule has 3 aromatic rings. The highest BCUT2D eigenvalue weighted by molar-refractivity contribution is 7.14. The number of thiazole rings is 1. The zero-order valence-electron chi connectivity index (χ0n) is 13.7. The van der Waals surface area contributed by atoms with Gasteiger partial charge in [0.25, 0.3) is 5.91 Å². The minimum Gasteiger partial charge on any atom is -0.493 e. The molecular weight excluding hydrogens is 397 g/mol. The van der Waals surface area contributed by atoms with Crippen LogP contribution in [0.4, 0.5) is 5.13 Å². The first kappa shape index (κ1) is 18.4. The first-order valence-electron chi connectivity index (χ1n) is 7.33. The third kappa shape index (κ3) is 3.90. The number of carbonyl (C=O) groups excluding carboxylic acids is 1. The predicted molar refractivity (Wildman–Crippen MR) is 103 cm³/mol. The van der Waals surface area contributed by atoms with E-state index in [9.17, 15) is 4.79 Å². The molecule has 26 heavy (non-hydrogen) atoms. The lowest BCUT2D eigenvalue weighted by Crippen LogP contribution is -2.12. The fraction of sp³-hybridized carbons (Fsp3) is 0.118. The molecule has 0 aliphatic carbocycles. The number of hydrogen-bond donors (Lipinski definition) is 1. The maximum absolute atomic E-state index is 12.3. The number of aromatic nitrogens is 2. The van der Waals surface area contributed by atoms with Crippen LogP contribution in [-0.4, -0.2) is 30.1 Å². The third-order valence-corrected chi connectivity index (χ3v) is 4.72. The topological polar surface area (TPSA) is 73.3 Å². The van der Waals surface area contributed by atoms with Crippen LogP contribution >= 0.6 is 34.5 Å². The molecule has 2 heterocycles. The number of amides is 1. The van der Waals surface area contributed by atoms with Crippen molar-refractivity contribution >= 4 is 45.6 Å². The molecule has 1 aromatic carbocycles. The summed E-state index contributed by atoms with van der Waals surface area (Å²) in [4.78, 5) is 20.6. The van der Waals surface area contributed by atoms with Crippen LogP contribution in [0.1, 0.15) is 10.4 Å². The van der Waals surface area contributed by atoms with Gasteiger partial charge in [-0.3, -0.25) is 10.1 Å². The van der Waals surface area contributed by atoms with Crippen LogP contribution in [0, 0.1) is 0 Å². The lowest BCUT2D eigenvalue weighted by Gasteiger charge is -2.08. The molecule has 1 N–H and O–H groups in total. The number of methoxy groups -OCH3 is 2. The van der Waals surface area contributed by atoms with Crippen molar-refractivity contribution in [3.63, 3.8) is 0 Å². The van der Waals surface area contributed by atoms with Gasteiger partial charge in [-0.1, -0.05) is 23.2 Å². The van der Waals surface area contributed by atoms with Crippen molar-refractivity contribution in [3.8, 4) is 22.8 Å². The SMILES string of the molecule is COc1ccc(-c2csc(NC(=O)c3ccc(Cl)nc3Cl)n2)cc1OC. The fourth-order valence-electron chi connectivity index (χ4n) is 2.21. The second-order valence-corrected chi connectivity index (χ2v) is 6.64. The van der Waals surface area contributed by atoms with Gasteiger partial charge in [0.15, 0.2) is 16.6 Å². The molecule has 0 saturated carbocycles. The number of benzene rings is 1. The number of nitrogens with zero attached hydrogens (tertiary/aromatic N) is 2. The summed E-state index contributed by atoms with van der Waals surface area (Å²) >= 11 is 13.0. The van der Waals surface area contributed by atoms with E-state index < -0.39 is 5.91 Å². The van der Waals surface area contributed by atoms with Gasteiger partial charge < -0.3 is 9.47 Å². The molecule has 6 nitrogen and oxygen atoms in total. The van der Waals surface area contributed by atoms with Crippen molar-refractivity contribution in [2.24, 2.45) is 0 Å². The van der Waals surface area contributed by atoms with Crippen LogP contribution in [0.5, 0.6) is 11.5 Å². The lowest BCUT2D eigenvalue weighted by atomic mass is 10.1. The molecule has 0 aliphatic rings. The summed E-state index contributed by atoms with van der Waals surface area (Å²) < 4.78 is 10.5. The second kappa shape index (κ2) is 7.90. The largest absolute Gasteiger partial charge is 0.493 e. The van der Waals surface area contributed by atoms with Gasteiger partial charge in [0.1, 0.15) is 10.3 Å². The van der Waals surface area contributed by atoms with Crippen LogP contribution in [0.25, 0.3) is 11.3 Å². The van der Waals surface area contributed by atoms with Crippen LogP contribution < -0.4 is 14.8 Å². The minimum absolute atomic E-state index is 0.0340. The highest BCUT2D eigenvalue weighted by Crippen LogP contribution is 2.33. The molecule has 0 atom stereocenters. The van der Waals surface area contributed by atoms with Crippen molar-refractivity contribution in [2.75, 3.05) is 19.5 Å². The number of ether oxygens (including phenoxy) is 2. The van der Waals surface area contributed by atoms with Gasteiger partial charge >= 0.3 is 0 Å². The quantitative estimate of drug-likeness (QED) is 0.613. The molecule has 9 heteroatoms. The van der Waals surface area contributed by atoms with Gasteiger partial charge in [0, 0.05) is 10.9 Å². The van der Waals surface area contributed by atoms with E-state index in [1.165, 1.54) is 23.5 Å². The zero-order chi connectivity index (χ0) is 18.7. The van der Waals surface area contributed by atoms with E-state index in [4.69, 9.17) is 32.7 Å². The second-order valence-electron chi connectivity index (χ2n) is 5.03. The number of rotatable bonds is 5. The molecule has 1 amide bonds. The smallest absolute Gasteiger partial charge is 0.260 e. The average Bonchev–Trinajstić information content (AvgIpc) is 3.09. The van der Waals surface area contributed by atoms with Crippen LogP contribution in [-0.2, 0) is 0 Å². The van der Waals surface area contributed by atoms with Crippen molar-refractivity contribution in [1.82, 2.24) is 9.97 Å². The van der Waals surface area contributed by atoms with Gasteiger partial charge in [0.2, 0.25) is 0 Å². The Hall–Kier alpha value is -2.35. The van der Waals surface area contributed by atoms with E-state index >= 15 is 0 Å². The van der Waals surface area contributed by atoms with E-state index in [-0.39, 0.29) is 15.9 Å². The molecule has 3 rings (SSSR count). The van der Waals surface area contributed by atoms with Crippen LogP contribution in [0.15, 0.2) is 35.7 Å². The Balaban J connectivity index is 1.81. The molecule has 0 spiro atoms. The Labute approximate surface area is 163 Å². The summed E-state index contributed by atoms with van der Waals surface area (Å²) in [6.45, 7) is 0. The summed E-state index contributed by atoms with van der Waals surface area (Å²) in [6.07, 6.45) is 0. The number of halogens is 2. The van der Waals surface area contributed by atoms with Gasteiger partial charge in [-0.05, 0) is 30.3 Å². The summed E-state index contributed by atoms with van der Waals surface area (Å²) in [5, 5.41) is 5.23. The van der Waals surface area contributed by atoms with E-state index in [1.54, 1.807) is 20.3 Å². The Kier molecular flexibility index (Phi) is 5.61. The Bertz CT molecular complexity index is 962. The Morgan fingerprint density at radius 3 is 2.54 bits per heavy atom. The molecule has 0 unspecified atom stereocenters. The maximum Gasteiger partial charge on any atom is 0.260 e. The van der Waals surface area contributed by atoms with Crippen LogP contribution in [0.2, 0.25) is 10.3 Å². The maximum atomic E-state index is 12.3. The number of pyridine rings is 1. The number of nitrogens with one attached hydrogen (secondary N) is 1. The molecule has 0 bridgehead atoms. The van der Waals surface area contributed by atoms with Crippen LogP contribution in [0.3, 0.4) is 0 Å². The van der Waals surface area contributed by atoms with E-state index in [1.807, 2.05) is 17.5 Å². The van der Waals surface area contributed by atoms with Gasteiger partial charge in [-0.2, -0.15) is 0 Å². The summed E-state index contributed by atoms with van der Waals surface area (Å²) in [6, 6.07) is 8.49. The standard InChI is InChI=1S/C17H13Cl2N3O3S/c1-24-12-5-3-9(7-13(12)25-2)11-8-26-17(20-11)22-16(23)10-4-6-14(18)21-15(10)19/h3-8H,1-2H3,(H,20,22,23). The number of hydrogen-bond acceptors (Lipinski definition) is 6. The molecule has 134 valence electrons. The predicted octanol–water partition coefficient (Wildman–Crippen LogP) is 4.78. The van der Waals surface area contributed by atoms with Crippen molar-refractivity contribution in [3.05, 3.63) is 51.6 Å². The molecule has 0 radical (unpaired) electrons. The van der Waals surface area contributed by atoms with Crippen molar-refractivity contribution < 1.29 is 14.3 Å². The Morgan fingerprint density at radius 1 is 1.08 bits per heavy atom. The molecule has 0 fully saturated rings. The number of carbonyl (C=O) groups is 1. The molecular formula is C17H13Cl2N3O3S. The molecule has 0 aliphatic heterocycles. The van der Waals surface area contributed by atoms with E-state index in [0.29, 0.717) is 22.3 Å². The normalized spacial score (nSPS) is 10.5. The summed E-state index contributed by atoms with van der Waals surface area (Å²) in [5.41, 5.74) is 1.76. The van der Waals surface area contributed by atoms with Gasteiger partial charge in [-0.15, -0.1) is 11.3 Å². The summed E-state index contributed by atoms with van der Waals surface area (Å²) in [5.74, 6) is 0.819. The first-order valence-corrected chi connectivity index (χ1v) is 8.96. The van der Waals surface area contributed by atoms with E-state index in [0.717, 1.165) is 5.56 Å². The summed E-state index contributed by atoms with van der Waals surface area (Å²) in [7, 11) is 3.14. The van der Waals surface area contributed by atoms with Crippen molar-refractivity contribution in [2.45, 2.75) is 0 Å². The molecule has 2 aromatic heterocycles. The lowest BCUT2D eigenvalue weighted by molar-refractivity contribution is 0.102. The monoisotopic (exact) mass is 409 g/mol. The highest BCUT2D eigenvalue weighted by atomic mass is 35.5. The zero-order valence-corrected chi connectivity index (χ0v) is 16.1. The highest BCUT2D eigenvalue weighted by Gasteiger charge is 2.15. The molecule has 0 saturated heterocycles. The third-order valence-electron chi connectivity index (χ3n) is 3.46. The van der Waals surface area contributed by atoms with Gasteiger partial charge in [0.05, 0.1) is 25.5 Å². The average molecular weight is 410 g/mol. The van der Waals surface area contributed by atoms with Gasteiger partial charge in [-0.25, -0.2) is 9.97 Å². The Morgan fingerprint density at radius 2 is 1.85 bits per heavy atom. The fourth-order valence-corrected chi connectivity index (χ4v) is 3.35. The van der Waals surface area contributed by atoms with E-state index in [2.05, 4.69) is 15.3 Å². The first-order chi connectivity index (χ1) is 12.5. The minimum atomic E-state index is -0.410. The number of anilines is 1.